The van der Waals surface area contributed by atoms with E-state index in [1.54, 1.807) is 44.1 Å². The molecule has 0 bridgehead atoms. The highest BCUT2D eigenvalue weighted by molar-refractivity contribution is 8.18. The summed E-state index contributed by atoms with van der Waals surface area (Å²) in [5.41, 5.74) is 7.58. The Morgan fingerprint density at radius 3 is 1.20 bits per heavy atom. The second-order valence-corrected chi connectivity index (χ2v) is 24.5. The lowest BCUT2D eigenvalue weighted by Gasteiger charge is -2.40. The Kier molecular flexibility index (Phi) is 15.8. The van der Waals surface area contributed by atoms with E-state index in [0.717, 1.165) is 59.2 Å². The van der Waals surface area contributed by atoms with Crippen molar-refractivity contribution >= 4 is 23.5 Å². The van der Waals surface area contributed by atoms with E-state index in [9.17, 15) is 0 Å². The molecule has 1 heterocycles. The second-order valence-electron chi connectivity index (χ2n) is 21.5. The molecule has 1 aromatic carbocycles. The average molecular weight is 791 g/mol. The predicted molar refractivity (Wildman–Crippen MR) is 244 cm³/mol. The fourth-order valence-corrected chi connectivity index (χ4v) is 16.1. The Hall–Kier alpha value is -0.280. The number of ether oxygens (including phenoxy) is 1. The summed E-state index contributed by atoms with van der Waals surface area (Å²) in [5, 5.41) is 0. The minimum Gasteiger partial charge on any atom is -0.467 e. The highest BCUT2D eigenvalue weighted by Gasteiger charge is 2.39. The van der Waals surface area contributed by atoms with Gasteiger partial charge in [0.25, 0.3) is 0 Å². The van der Waals surface area contributed by atoms with Gasteiger partial charge >= 0.3 is 0 Å². The van der Waals surface area contributed by atoms with E-state index in [2.05, 4.69) is 65.1 Å². The van der Waals surface area contributed by atoms with Crippen LogP contribution in [0.3, 0.4) is 0 Å². The Balaban J connectivity index is 0.869. The SMILES string of the molecule is Cc1c(C)c(OC2(CCC3CCC(CC4CCC(CC5CCC(C)CC5)CC4)CC3)SCCCS2)c(C)c(C)c1CC1CCC(CC2CCC(C)CC2)CC1. The van der Waals surface area contributed by atoms with Crippen LogP contribution in [0.2, 0.25) is 0 Å². The maximum Gasteiger partial charge on any atom is 0.201 e. The zero-order chi connectivity index (χ0) is 38.4. The maximum absolute atomic E-state index is 7.40. The van der Waals surface area contributed by atoms with E-state index in [1.165, 1.54) is 174 Å². The number of rotatable bonds is 13. The molecule has 5 aliphatic carbocycles. The molecular formula is C52H86OS2. The molecular weight excluding hydrogens is 705 g/mol. The van der Waals surface area contributed by atoms with Gasteiger partial charge in [-0.25, -0.2) is 0 Å². The minimum atomic E-state index is -0.103. The fourth-order valence-electron chi connectivity index (χ4n) is 13.1. The van der Waals surface area contributed by atoms with Gasteiger partial charge in [-0.05, 0) is 178 Å². The van der Waals surface area contributed by atoms with Gasteiger partial charge in [0.1, 0.15) is 5.75 Å². The number of hydrogen-bond donors (Lipinski definition) is 0. The minimum absolute atomic E-state index is 0.103. The van der Waals surface area contributed by atoms with Gasteiger partial charge in [0.2, 0.25) is 4.27 Å². The highest BCUT2D eigenvalue weighted by atomic mass is 32.2. The summed E-state index contributed by atoms with van der Waals surface area (Å²) in [5.74, 6) is 13.7. The van der Waals surface area contributed by atoms with E-state index in [-0.39, 0.29) is 4.27 Å². The van der Waals surface area contributed by atoms with Crippen LogP contribution in [0.4, 0.5) is 0 Å². The first kappa shape index (κ1) is 42.8. The van der Waals surface area contributed by atoms with Crippen LogP contribution < -0.4 is 4.74 Å². The largest absolute Gasteiger partial charge is 0.467 e. The summed E-state index contributed by atoms with van der Waals surface area (Å²) < 4.78 is 7.30. The van der Waals surface area contributed by atoms with E-state index < -0.39 is 0 Å². The summed E-state index contributed by atoms with van der Waals surface area (Å²) in [6.45, 7) is 14.6. The Morgan fingerprint density at radius 1 is 0.455 bits per heavy atom. The van der Waals surface area contributed by atoms with Gasteiger partial charge in [-0.3, -0.25) is 0 Å². The molecule has 1 saturated heterocycles. The molecule has 312 valence electrons. The van der Waals surface area contributed by atoms with Gasteiger partial charge in [0, 0.05) is 6.42 Å². The van der Waals surface area contributed by atoms with Crippen molar-refractivity contribution in [2.24, 2.45) is 59.2 Å². The standard InChI is InChI=1S/C52H86OS2/c1-36-8-12-43(13-9-36)32-46-20-22-47(23-21-46)34-45-18-16-42(17-19-45)28-29-52(54-30-7-31-55-52)53-51-40(5)38(3)50(39(4)41(51)6)35-49-26-24-48(25-27-49)33-44-14-10-37(2)11-15-44/h36-37,42-49H,7-35H2,1-6H3. The molecule has 3 heteroatoms. The third kappa shape index (κ3) is 11.7. The molecule has 0 atom stereocenters. The third-order valence-corrected chi connectivity index (χ3v) is 20.6. The van der Waals surface area contributed by atoms with Crippen LogP contribution in [0.25, 0.3) is 0 Å². The highest BCUT2D eigenvalue weighted by Crippen LogP contribution is 2.51. The Bertz CT molecular complexity index is 1280. The number of benzene rings is 1. The summed E-state index contributed by atoms with van der Waals surface area (Å²) in [6, 6.07) is 0. The topological polar surface area (TPSA) is 9.23 Å². The summed E-state index contributed by atoms with van der Waals surface area (Å²) in [7, 11) is 0. The van der Waals surface area contributed by atoms with Gasteiger partial charge in [0.05, 0.1) is 0 Å². The van der Waals surface area contributed by atoms with Crippen molar-refractivity contribution in [2.45, 2.75) is 219 Å². The molecule has 0 aromatic heterocycles. The van der Waals surface area contributed by atoms with Crippen molar-refractivity contribution in [3.05, 3.63) is 27.8 Å². The second kappa shape index (κ2) is 20.3. The van der Waals surface area contributed by atoms with Crippen molar-refractivity contribution in [3.8, 4) is 5.75 Å². The molecule has 0 unspecified atom stereocenters. The number of hydrogen-bond acceptors (Lipinski definition) is 3. The van der Waals surface area contributed by atoms with Crippen LogP contribution in [0.1, 0.15) is 209 Å². The third-order valence-electron chi connectivity index (χ3n) is 17.4. The molecule has 55 heavy (non-hydrogen) atoms. The first-order valence-corrected chi connectivity index (χ1v) is 26.7. The number of thioether (sulfide) groups is 2. The smallest absolute Gasteiger partial charge is 0.201 e. The van der Waals surface area contributed by atoms with Crippen molar-refractivity contribution < 1.29 is 4.74 Å². The Labute approximate surface area is 350 Å². The van der Waals surface area contributed by atoms with Gasteiger partial charge in [-0.15, -0.1) is 23.5 Å². The van der Waals surface area contributed by atoms with Crippen molar-refractivity contribution in [1.29, 1.82) is 0 Å². The van der Waals surface area contributed by atoms with Crippen LogP contribution in [-0.4, -0.2) is 15.8 Å². The van der Waals surface area contributed by atoms with Crippen molar-refractivity contribution in [2.75, 3.05) is 11.5 Å². The van der Waals surface area contributed by atoms with Crippen LogP contribution in [-0.2, 0) is 6.42 Å². The average Bonchev–Trinajstić information content (AvgIpc) is 3.21. The van der Waals surface area contributed by atoms with Crippen molar-refractivity contribution in [3.63, 3.8) is 0 Å². The first-order chi connectivity index (χ1) is 26.6. The molecule has 0 amide bonds. The van der Waals surface area contributed by atoms with Crippen LogP contribution in [0, 0.1) is 86.9 Å². The lowest BCUT2D eigenvalue weighted by atomic mass is 9.70. The monoisotopic (exact) mass is 791 g/mol. The molecule has 5 saturated carbocycles. The lowest BCUT2D eigenvalue weighted by Crippen LogP contribution is -2.34. The Morgan fingerprint density at radius 2 is 0.800 bits per heavy atom. The summed E-state index contributed by atoms with van der Waals surface area (Å²) in [4.78, 5) is 0. The fraction of sp³-hybridized carbons (Fsp3) is 0.885. The van der Waals surface area contributed by atoms with Crippen molar-refractivity contribution in [1.82, 2.24) is 0 Å². The molecule has 6 fully saturated rings. The first-order valence-electron chi connectivity index (χ1n) is 24.7. The molecule has 6 aliphatic rings. The summed E-state index contributed by atoms with van der Waals surface area (Å²) >= 11 is 4.29. The van der Waals surface area contributed by atoms with Gasteiger partial charge in [0.15, 0.2) is 0 Å². The molecule has 1 nitrogen and oxygen atoms in total. The van der Waals surface area contributed by atoms with E-state index >= 15 is 0 Å². The predicted octanol–water partition coefficient (Wildman–Crippen LogP) is 16.4. The molecule has 7 rings (SSSR count). The van der Waals surface area contributed by atoms with Gasteiger partial charge in [-0.2, -0.15) is 0 Å². The lowest BCUT2D eigenvalue weighted by molar-refractivity contribution is 0.159. The van der Waals surface area contributed by atoms with Gasteiger partial charge < -0.3 is 4.74 Å². The molecule has 1 aliphatic heterocycles. The van der Waals surface area contributed by atoms with Crippen LogP contribution >= 0.6 is 23.5 Å². The molecule has 0 N–H and O–H groups in total. The van der Waals surface area contributed by atoms with Crippen LogP contribution in [0.15, 0.2) is 0 Å². The summed E-state index contributed by atoms with van der Waals surface area (Å²) in [6.07, 6.45) is 39.8. The molecule has 0 radical (unpaired) electrons. The zero-order valence-corrected chi connectivity index (χ0v) is 38.6. The normalized spacial score (nSPS) is 36.0. The zero-order valence-electron chi connectivity index (χ0n) is 37.0. The van der Waals surface area contributed by atoms with E-state index in [1.807, 2.05) is 0 Å². The molecule has 1 aromatic rings. The maximum atomic E-state index is 7.40. The van der Waals surface area contributed by atoms with E-state index in [4.69, 9.17) is 4.74 Å². The molecule has 0 spiro atoms. The van der Waals surface area contributed by atoms with Crippen LogP contribution in [0.5, 0.6) is 5.75 Å². The van der Waals surface area contributed by atoms with E-state index in [0.29, 0.717) is 0 Å². The van der Waals surface area contributed by atoms with Gasteiger partial charge in [-0.1, -0.05) is 129 Å². The quantitative estimate of drug-likeness (QED) is 0.197.